The fraction of sp³-hybridized carbons (Fsp3) is 0.333. The number of anilines is 1. The molecule has 0 bridgehead atoms. The molecule has 0 unspecified atom stereocenters. The summed E-state index contributed by atoms with van der Waals surface area (Å²) < 4.78 is 43.5. The molecule has 3 nitrogen and oxygen atoms in total. The van der Waals surface area contributed by atoms with Gasteiger partial charge in [0.1, 0.15) is 17.5 Å². The van der Waals surface area contributed by atoms with Crippen LogP contribution < -0.4 is 5.32 Å². The van der Waals surface area contributed by atoms with Crippen molar-refractivity contribution < 1.29 is 23.0 Å². The highest BCUT2D eigenvalue weighted by atomic mass is 32.1. The molecule has 0 atom stereocenters. The van der Waals surface area contributed by atoms with E-state index in [1.807, 2.05) is 6.92 Å². The number of aryl methyl sites for hydroxylation is 1. The Balaban J connectivity index is 2.53. The first-order valence-corrected chi connectivity index (χ1v) is 7.45. The van der Waals surface area contributed by atoms with E-state index in [1.165, 1.54) is 24.5 Å². The first-order valence-electron chi connectivity index (χ1n) is 6.63. The van der Waals surface area contributed by atoms with Crippen molar-refractivity contribution in [3.8, 4) is 16.9 Å². The van der Waals surface area contributed by atoms with E-state index < -0.39 is 11.7 Å². The van der Waals surface area contributed by atoms with E-state index in [4.69, 9.17) is 4.74 Å². The number of ether oxygens (including phenoxy) is 1. The molecular formula is C15H16F3NO2S. The molecule has 1 aromatic heterocycles. The van der Waals surface area contributed by atoms with E-state index in [2.05, 4.69) is 5.32 Å². The van der Waals surface area contributed by atoms with Crippen LogP contribution in [0.2, 0.25) is 0 Å². The van der Waals surface area contributed by atoms with Gasteiger partial charge in [-0.05, 0) is 24.1 Å². The monoisotopic (exact) mass is 331 g/mol. The van der Waals surface area contributed by atoms with Crippen molar-refractivity contribution in [2.24, 2.45) is 0 Å². The summed E-state index contributed by atoms with van der Waals surface area (Å²) in [6, 6.07) is 4.94. The van der Waals surface area contributed by atoms with Crippen molar-refractivity contribution in [2.75, 3.05) is 19.2 Å². The second kappa shape index (κ2) is 6.58. The number of nitrogens with one attached hydrogen (secondary N) is 1. The van der Waals surface area contributed by atoms with E-state index in [1.54, 1.807) is 6.07 Å². The molecule has 2 N–H and O–H groups in total. The molecule has 2 rings (SSSR count). The van der Waals surface area contributed by atoms with E-state index in [-0.39, 0.29) is 12.5 Å². The van der Waals surface area contributed by atoms with Crippen molar-refractivity contribution in [1.29, 1.82) is 0 Å². The van der Waals surface area contributed by atoms with E-state index in [9.17, 15) is 18.3 Å². The number of halogens is 3. The molecule has 0 aliphatic heterocycles. The maximum atomic E-state index is 12.9. The van der Waals surface area contributed by atoms with Crippen LogP contribution in [0, 0.1) is 0 Å². The fourth-order valence-electron chi connectivity index (χ4n) is 2.09. The minimum absolute atomic E-state index is 0.0189. The Kier molecular flexibility index (Phi) is 4.97. The molecule has 1 heterocycles. The molecule has 22 heavy (non-hydrogen) atoms. The lowest BCUT2D eigenvalue weighted by molar-refractivity contribution is -0.137. The van der Waals surface area contributed by atoms with Crippen LogP contribution in [0.3, 0.4) is 0 Å². The van der Waals surface area contributed by atoms with E-state index in [0.29, 0.717) is 27.4 Å². The second-order valence-corrected chi connectivity index (χ2v) is 5.73. The summed E-state index contributed by atoms with van der Waals surface area (Å²) in [5.74, 6) is 0.0189. The summed E-state index contributed by atoms with van der Waals surface area (Å²) in [6.07, 6.45) is -3.83. The van der Waals surface area contributed by atoms with E-state index in [0.717, 1.165) is 12.1 Å². The lowest BCUT2D eigenvalue weighted by atomic mass is 10.0. The summed E-state index contributed by atoms with van der Waals surface area (Å²) in [7, 11) is 1.51. The van der Waals surface area contributed by atoms with Crippen molar-refractivity contribution >= 4 is 16.3 Å². The highest BCUT2D eigenvalue weighted by molar-refractivity contribution is 7.17. The highest BCUT2D eigenvalue weighted by Gasteiger charge is 2.31. The first kappa shape index (κ1) is 16.6. The molecule has 0 amide bonds. The van der Waals surface area contributed by atoms with Gasteiger partial charge in [0.25, 0.3) is 0 Å². The predicted molar refractivity (Wildman–Crippen MR) is 81.3 cm³/mol. The molecule has 0 radical (unpaired) electrons. The zero-order chi connectivity index (χ0) is 16.3. The molecule has 7 heteroatoms. The maximum absolute atomic E-state index is 12.9. The Hall–Kier alpha value is -1.73. The van der Waals surface area contributed by atoms with Crippen LogP contribution in [-0.4, -0.2) is 18.9 Å². The zero-order valence-electron chi connectivity index (χ0n) is 12.1. The molecule has 0 saturated heterocycles. The number of aromatic hydroxyl groups is 1. The number of thiophene rings is 1. The van der Waals surface area contributed by atoms with Crippen molar-refractivity contribution in [1.82, 2.24) is 0 Å². The zero-order valence-corrected chi connectivity index (χ0v) is 12.9. The first-order chi connectivity index (χ1) is 10.4. The van der Waals surface area contributed by atoms with Crippen molar-refractivity contribution in [3.63, 3.8) is 0 Å². The van der Waals surface area contributed by atoms with Gasteiger partial charge in [0.2, 0.25) is 0 Å². The number of methoxy groups -OCH3 is 1. The lowest BCUT2D eigenvalue weighted by Crippen LogP contribution is -2.05. The molecule has 120 valence electrons. The number of hydrogen-bond acceptors (Lipinski definition) is 4. The molecule has 1 aromatic carbocycles. The fourth-order valence-corrected chi connectivity index (χ4v) is 3.13. The largest absolute Gasteiger partial charge is 0.506 e. The summed E-state index contributed by atoms with van der Waals surface area (Å²) >= 11 is 1.31. The Morgan fingerprint density at radius 2 is 2.05 bits per heavy atom. The van der Waals surface area contributed by atoms with Gasteiger partial charge in [-0.15, -0.1) is 11.3 Å². The molecule has 0 aliphatic carbocycles. The highest BCUT2D eigenvalue weighted by Crippen LogP contribution is 2.46. The minimum Gasteiger partial charge on any atom is -0.506 e. The Bertz CT molecular complexity index is 653. The van der Waals surface area contributed by atoms with Gasteiger partial charge in [0.05, 0.1) is 11.1 Å². The normalized spacial score (nSPS) is 11.7. The minimum atomic E-state index is -4.42. The third kappa shape index (κ3) is 3.36. The van der Waals surface area contributed by atoms with Gasteiger partial charge in [0, 0.05) is 12.0 Å². The van der Waals surface area contributed by atoms with Crippen LogP contribution in [0.1, 0.15) is 17.4 Å². The van der Waals surface area contributed by atoms with Gasteiger partial charge < -0.3 is 15.2 Å². The predicted octanol–water partition coefficient (Wildman–Crippen LogP) is 4.72. The van der Waals surface area contributed by atoms with Gasteiger partial charge in [-0.2, -0.15) is 13.2 Å². The molecule has 2 aromatic rings. The van der Waals surface area contributed by atoms with Crippen LogP contribution in [0.5, 0.6) is 5.75 Å². The van der Waals surface area contributed by atoms with Gasteiger partial charge in [-0.1, -0.05) is 19.1 Å². The Morgan fingerprint density at radius 3 is 2.64 bits per heavy atom. The Morgan fingerprint density at radius 1 is 1.32 bits per heavy atom. The molecular weight excluding hydrogens is 315 g/mol. The summed E-state index contributed by atoms with van der Waals surface area (Å²) in [4.78, 5) is 0.714. The third-order valence-electron chi connectivity index (χ3n) is 3.13. The van der Waals surface area contributed by atoms with Gasteiger partial charge in [-0.3, -0.25) is 0 Å². The SMILES string of the molecule is CCc1sc(NCOC)c(-c2cccc(C(F)(F)F)c2)c1O. The standard InChI is InChI=1S/C15H16F3NO2S/c1-3-11-13(20)12(14(22-11)19-8-21-2)9-5-4-6-10(7-9)15(16,17)18/h4-7,19-20H,3,8H2,1-2H3. The number of alkyl halides is 3. The molecule has 0 aliphatic rings. The van der Waals surface area contributed by atoms with Gasteiger partial charge >= 0.3 is 6.18 Å². The van der Waals surface area contributed by atoms with Crippen LogP contribution in [0.25, 0.3) is 11.1 Å². The van der Waals surface area contributed by atoms with Crippen LogP contribution in [-0.2, 0) is 17.3 Å². The van der Waals surface area contributed by atoms with Crippen molar-refractivity contribution in [3.05, 3.63) is 34.7 Å². The average molecular weight is 331 g/mol. The third-order valence-corrected chi connectivity index (χ3v) is 4.41. The van der Waals surface area contributed by atoms with E-state index >= 15 is 0 Å². The number of benzene rings is 1. The van der Waals surface area contributed by atoms with Gasteiger partial charge in [-0.25, -0.2) is 0 Å². The van der Waals surface area contributed by atoms with Crippen LogP contribution in [0.15, 0.2) is 24.3 Å². The molecule has 0 fully saturated rings. The quantitative estimate of drug-likeness (QED) is 0.779. The number of hydrogen-bond donors (Lipinski definition) is 2. The smallest absolute Gasteiger partial charge is 0.416 e. The lowest BCUT2D eigenvalue weighted by Gasteiger charge is -2.10. The Labute approximate surface area is 130 Å². The van der Waals surface area contributed by atoms with Crippen LogP contribution >= 0.6 is 11.3 Å². The summed E-state index contributed by atoms with van der Waals surface area (Å²) in [6.45, 7) is 2.08. The van der Waals surface area contributed by atoms with Crippen LogP contribution in [0.4, 0.5) is 18.2 Å². The summed E-state index contributed by atoms with van der Waals surface area (Å²) in [5.41, 5.74) is -0.0433. The topological polar surface area (TPSA) is 41.5 Å². The van der Waals surface area contributed by atoms with Gasteiger partial charge in [0.15, 0.2) is 0 Å². The number of rotatable bonds is 5. The average Bonchev–Trinajstić information content (AvgIpc) is 2.80. The summed E-state index contributed by atoms with van der Waals surface area (Å²) in [5, 5.41) is 13.9. The maximum Gasteiger partial charge on any atom is 0.416 e. The molecule has 0 spiro atoms. The van der Waals surface area contributed by atoms with Crippen molar-refractivity contribution in [2.45, 2.75) is 19.5 Å². The molecule has 0 saturated carbocycles. The second-order valence-electron chi connectivity index (χ2n) is 4.62.